The van der Waals surface area contributed by atoms with Crippen molar-refractivity contribution in [1.82, 2.24) is 4.90 Å². The predicted octanol–water partition coefficient (Wildman–Crippen LogP) is 2.68. The Hall–Kier alpha value is -0.860. The van der Waals surface area contributed by atoms with Gasteiger partial charge in [0.1, 0.15) is 0 Å². The van der Waals surface area contributed by atoms with Crippen LogP contribution in [0.5, 0.6) is 0 Å². The van der Waals surface area contributed by atoms with E-state index in [1.165, 1.54) is 5.56 Å². The van der Waals surface area contributed by atoms with Crippen molar-refractivity contribution in [3.8, 4) is 0 Å². The van der Waals surface area contributed by atoms with Gasteiger partial charge in [0.15, 0.2) is 0 Å². The third kappa shape index (κ3) is 3.55. The van der Waals surface area contributed by atoms with Crippen LogP contribution in [-0.2, 0) is 6.42 Å². The van der Waals surface area contributed by atoms with E-state index in [0.717, 1.165) is 12.8 Å². The first-order valence-electron chi connectivity index (χ1n) is 6.50. The molecule has 0 saturated carbocycles. The molecule has 2 atom stereocenters. The highest BCUT2D eigenvalue weighted by molar-refractivity contribution is 5.18. The summed E-state index contributed by atoms with van der Waals surface area (Å²) in [5, 5.41) is 0. The zero-order chi connectivity index (χ0) is 12.9. The molecule has 0 heterocycles. The van der Waals surface area contributed by atoms with Crippen LogP contribution in [0.1, 0.15) is 32.8 Å². The van der Waals surface area contributed by atoms with Crippen LogP contribution in [0.3, 0.4) is 0 Å². The summed E-state index contributed by atoms with van der Waals surface area (Å²) in [7, 11) is 2.18. The molecule has 0 amide bonds. The molecule has 1 rings (SSSR count). The normalized spacial score (nSPS) is 16.8. The third-order valence-electron chi connectivity index (χ3n) is 3.97. The lowest BCUT2D eigenvalue weighted by atomic mass is 9.90. The van der Waals surface area contributed by atoms with E-state index >= 15 is 0 Å². The molecular weight excluding hydrogens is 208 g/mol. The van der Waals surface area contributed by atoms with Gasteiger partial charge in [0, 0.05) is 18.1 Å². The first kappa shape index (κ1) is 14.2. The molecule has 0 spiro atoms. The fourth-order valence-electron chi connectivity index (χ4n) is 2.18. The summed E-state index contributed by atoms with van der Waals surface area (Å²) < 4.78 is 0. The minimum Gasteiger partial charge on any atom is -0.329 e. The van der Waals surface area contributed by atoms with Crippen LogP contribution < -0.4 is 5.73 Å². The Morgan fingerprint density at radius 3 is 2.35 bits per heavy atom. The summed E-state index contributed by atoms with van der Waals surface area (Å²) in [6, 6.07) is 11.2. The maximum Gasteiger partial charge on any atom is 0.0343 e. The molecule has 1 aromatic carbocycles. The first-order chi connectivity index (χ1) is 8.03. The Labute approximate surface area is 106 Å². The lowest BCUT2D eigenvalue weighted by molar-refractivity contribution is 0.0980. The summed E-state index contributed by atoms with van der Waals surface area (Å²) in [4.78, 5) is 2.42. The summed E-state index contributed by atoms with van der Waals surface area (Å²) >= 11 is 0. The molecule has 0 radical (unpaired) electrons. The molecule has 0 saturated heterocycles. The second kappa shape index (κ2) is 6.18. The van der Waals surface area contributed by atoms with Crippen LogP contribution in [0.4, 0.5) is 0 Å². The summed E-state index contributed by atoms with van der Waals surface area (Å²) in [6.45, 7) is 7.43. The molecule has 96 valence electrons. The Morgan fingerprint density at radius 2 is 1.88 bits per heavy atom. The highest BCUT2D eigenvalue weighted by atomic mass is 15.2. The van der Waals surface area contributed by atoms with E-state index in [-0.39, 0.29) is 5.54 Å². The molecule has 0 aliphatic carbocycles. The van der Waals surface area contributed by atoms with Crippen molar-refractivity contribution < 1.29 is 0 Å². The maximum atomic E-state index is 6.01. The molecule has 2 N–H and O–H groups in total. The van der Waals surface area contributed by atoms with Crippen molar-refractivity contribution in [2.45, 2.75) is 45.2 Å². The summed E-state index contributed by atoms with van der Waals surface area (Å²) in [6.07, 6.45) is 2.16. The van der Waals surface area contributed by atoms with Crippen LogP contribution in [0.15, 0.2) is 30.3 Å². The van der Waals surface area contributed by atoms with Gasteiger partial charge in [-0.1, -0.05) is 37.3 Å². The number of benzene rings is 1. The third-order valence-corrected chi connectivity index (χ3v) is 3.97. The minimum absolute atomic E-state index is 0.0385. The van der Waals surface area contributed by atoms with Crippen LogP contribution >= 0.6 is 0 Å². The lowest BCUT2D eigenvalue weighted by Crippen LogP contribution is -2.54. The molecule has 2 nitrogen and oxygen atoms in total. The molecule has 2 unspecified atom stereocenters. The number of nitrogens with two attached hydrogens (primary N) is 1. The van der Waals surface area contributed by atoms with Gasteiger partial charge in [-0.3, -0.25) is 4.90 Å². The average molecular weight is 234 g/mol. The summed E-state index contributed by atoms with van der Waals surface area (Å²) in [5.41, 5.74) is 7.40. The zero-order valence-electron chi connectivity index (χ0n) is 11.6. The van der Waals surface area contributed by atoms with Gasteiger partial charge in [0.25, 0.3) is 0 Å². The zero-order valence-corrected chi connectivity index (χ0v) is 11.6. The molecule has 1 aromatic rings. The predicted molar refractivity (Wildman–Crippen MR) is 75.1 cm³/mol. The van der Waals surface area contributed by atoms with E-state index < -0.39 is 0 Å². The topological polar surface area (TPSA) is 29.3 Å². The van der Waals surface area contributed by atoms with Crippen molar-refractivity contribution in [2.75, 3.05) is 13.6 Å². The quantitative estimate of drug-likeness (QED) is 0.820. The van der Waals surface area contributed by atoms with Gasteiger partial charge in [0.2, 0.25) is 0 Å². The second-order valence-electron chi connectivity index (χ2n) is 5.23. The number of rotatable bonds is 6. The monoisotopic (exact) mass is 234 g/mol. The van der Waals surface area contributed by atoms with E-state index in [2.05, 4.69) is 63.1 Å². The lowest BCUT2D eigenvalue weighted by Gasteiger charge is -2.42. The van der Waals surface area contributed by atoms with Crippen molar-refractivity contribution in [3.05, 3.63) is 35.9 Å². The molecule has 0 aliphatic heterocycles. The molecule has 17 heavy (non-hydrogen) atoms. The van der Waals surface area contributed by atoms with E-state index in [0.29, 0.717) is 12.6 Å². The van der Waals surface area contributed by atoms with E-state index in [4.69, 9.17) is 5.73 Å². The van der Waals surface area contributed by atoms with Crippen molar-refractivity contribution in [2.24, 2.45) is 5.73 Å². The average Bonchev–Trinajstić information content (AvgIpc) is 2.37. The van der Waals surface area contributed by atoms with Gasteiger partial charge in [0.05, 0.1) is 0 Å². The largest absolute Gasteiger partial charge is 0.329 e. The fraction of sp³-hybridized carbons (Fsp3) is 0.600. The van der Waals surface area contributed by atoms with Crippen LogP contribution in [0.2, 0.25) is 0 Å². The van der Waals surface area contributed by atoms with Gasteiger partial charge in [-0.15, -0.1) is 0 Å². The van der Waals surface area contributed by atoms with Crippen LogP contribution in [-0.4, -0.2) is 30.1 Å². The van der Waals surface area contributed by atoms with Crippen LogP contribution in [0, 0.1) is 0 Å². The van der Waals surface area contributed by atoms with Crippen molar-refractivity contribution >= 4 is 0 Å². The van der Waals surface area contributed by atoms with Crippen molar-refractivity contribution in [1.29, 1.82) is 0 Å². The molecule has 0 bridgehead atoms. The molecule has 0 aliphatic rings. The number of nitrogens with zero attached hydrogens (tertiary/aromatic N) is 1. The highest BCUT2D eigenvalue weighted by Gasteiger charge is 2.30. The number of likely N-dealkylation sites (N-methyl/N-ethyl adjacent to an activating group) is 1. The molecule has 0 fully saturated rings. The number of hydrogen-bond acceptors (Lipinski definition) is 2. The van der Waals surface area contributed by atoms with Gasteiger partial charge in [-0.05, 0) is 39.3 Å². The fourth-order valence-corrected chi connectivity index (χ4v) is 2.18. The smallest absolute Gasteiger partial charge is 0.0343 e. The minimum atomic E-state index is 0.0385. The van der Waals surface area contributed by atoms with Gasteiger partial charge in [-0.25, -0.2) is 0 Å². The van der Waals surface area contributed by atoms with E-state index in [9.17, 15) is 0 Å². The Kier molecular flexibility index (Phi) is 5.16. The Bertz CT molecular complexity index is 323. The standard InChI is InChI=1S/C15H26N2/c1-5-13(2)17(4)15(3,12-16)11-14-9-7-6-8-10-14/h6-10,13H,5,11-12,16H2,1-4H3. The van der Waals surface area contributed by atoms with Crippen molar-refractivity contribution in [3.63, 3.8) is 0 Å². The van der Waals surface area contributed by atoms with E-state index in [1.54, 1.807) is 0 Å². The Balaban J connectivity index is 2.82. The SMILES string of the molecule is CCC(C)N(C)C(C)(CN)Cc1ccccc1. The first-order valence-corrected chi connectivity index (χ1v) is 6.50. The highest BCUT2D eigenvalue weighted by Crippen LogP contribution is 2.21. The maximum absolute atomic E-state index is 6.01. The molecule has 2 heteroatoms. The molecule has 0 aromatic heterocycles. The van der Waals surface area contributed by atoms with Gasteiger partial charge >= 0.3 is 0 Å². The Morgan fingerprint density at radius 1 is 1.29 bits per heavy atom. The number of hydrogen-bond donors (Lipinski definition) is 1. The van der Waals surface area contributed by atoms with E-state index in [1.807, 2.05) is 0 Å². The second-order valence-corrected chi connectivity index (χ2v) is 5.23. The van der Waals surface area contributed by atoms with Gasteiger partial charge in [-0.2, -0.15) is 0 Å². The van der Waals surface area contributed by atoms with Crippen LogP contribution in [0.25, 0.3) is 0 Å². The summed E-state index contributed by atoms with van der Waals surface area (Å²) in [5.74, 6) is 0. The van der Waals surface area contributed by atoms with Gasteiger partial charge < -0.3 is 5.73 Å². The molecular formula is C15H26N2.